The van der Waals surface area contributed by atoms with Crippen LogP contribution >= 0.6 is 0 Å². The molecule has 1 spiro atoms. The van der Waals surface area contributed by atoms with Gasteiger partial charge in [-0.25, -0.2) is 9.67 Å². The lowest BCUT2D eigenvalue weighted by atomic mass is 9.86. The molecule has 2 fully saturated rings. The molecule has 7 heteroatoms. The van der Waals surface area contributed by atoms with Crippen LogP contribution in [0.1, 0.15) is 36.0 Å². The molecular weight excluding hydrogens is 306 g/mol. The molecule has 124 valence electrons. The zero-order valence-electron chi connectivity index (χ0n) is 13.3. The van der Waals surface area contributed by atoms with Crippen molar-refractivity contribution in [2.75, 3.05) is 13.1 Å². The number of carbonyl (C=O) groups is 2. The maximum atomic E-state index is 13.3. The molecule has 0 radical (unpaired) electrons. The van der Waals surface area contributed by atoms with Crippen LogP contribution in [0.25, 0.3) is 5.69 Å². The molecule has 2 aliphatic rings. The quantitative estimate of drug-likeness (QED) is 0.898. The molecule has 2 saturated heterocycles. The lowest BCUT2D eigenvalue weighted by Crippen LogP contribution is -2.60. The Labute approximate surface area is 139 Å². The van der Waals surface area contributed by atoms with E-state index >= 15 is 0 Å². The van der Waals surface area contributed by atoms with E-state index < -0.39 is 5.54 Å². The van der Waals surface area contributed by atoms with Gasteiger partial charge in [0.1, 0.15) is 18.2 Å². The number of rotatable bonds is 2. The van der Waals surface area contributed by atoms with Gasteiger partial charge in [-0.3, -0.25) is 9.59 Å². The molecular formula is C17H19N5O2. The second-order valence-corrected chi connectivity index (χ2v) is 6.31. The number of amides is 2. The van der Waals surface area contributed by atoms with E-state index in [1.165, 1.54) is 6.33 Å². The van der Waals surface area contributed by atoms with Crippen molar-refractivity contribution in [1.29, 1.82) is 0 Å². The standard InChI is InChI=1S/C17H19N5O2/c23-15(13-5-1-2-6-14(13)22-12-18-11-20-22)21-10-4-8-17(21)7-3-9-19-16(17)24/h1-2,5-6,11-12H,3-4,7-10H2,(H,19,24). The molecule has 2 amide bonds. The minimum absolute atomic E-state index is 0.0159. The Morgan fingerprint density at radius 1 is 1.21 bits per heavy atom. The van der Waals surface area contributed by atoms with Crippen molar-refractivity contribution < 1.29 is 9.59 Å². The molecule has 1 unspecified atom stereocenters. The highest BCUT2D eigenvalue weighted by molar-refractivity contribution is 6.02. The Hall–Kier alpha value is -2.70. The monoisotopic (exact) mass is 325 g/mol. The number of piperidine rings is 1. The van der Waals surface area contributed by atoms with Gasteiger partial charge in [-0.2, -0.15) is 5.10 Å². The Morgan fingerprint density at radius 2 is 2.04 bits per heavy atom. The Bertz CT molecular complexity index is 773. The van der Waals surface area contributed by atoms with Gasteiger partial charge < -0.3 is 10.2 Å². The van der Waals surface area contributed by atoms with Crippen molar-refractivity contribution in [1.82, 2.24) is 25.0 Å². The molecule has 0 bridgehead atoms. The molecule has 4 rings (SSSR count). The van der Waals surface area contributed by atoms with Crippen LogP contribution in [0.2, 0.25) is 0 Å². The Kier molecular flexibility index (Phi) is 3.55. The van der Waals surface area contributed by atoms with Gasteiger partial charge in [0.2, 0.25) is 5.91 Å². The summed E-state index contributed by atoms with van der Waals surface area (Å²) in [5.74, 6) is -0.131. The van der Waals surface area contributed by atoms with Crippen LogP contribution in [-0.4, -0.2) is 50.1 Å². The van der Waals surface area contributed by atoms with Gasteiger partial charge in [-0.15, -0.1) is 0 Å². The van der Waals surface area contributed by atoms with Crippen LogP contribution in [-0.2, 0) is 4.79 Å². The summed E-state index contributed by atoms with van der Waals surface area (Å²) in [7, 11) is 0. The van der Waals surface area contributed by atoms with Crippen molar-refractivity contribution in [3.8, 4) is 5.69 Å². The number of aromatic nitrogens is 3. The molecule has 2 aromatic rings. The predicted octanol–water partition coefficient (Wildman–Crippen LogP) is 1.15. The summed E-state index contributed by atoms with van der Waals surface area (Å²) in [6.45, 7) is 1.30. The van der Waals surface area contributed by atoms with Gasteiger partial charge in [0.05, 0.1) is 11.3 Å². The summed E-state index contributed by atoms with van der Waals surface area (Å²) in [5, 5.41) is 7.06. The number of nitrogens with one attached hydrogen (secondary N) is 1. The van der Waals surface area contributed by atoms with Gasteiger partial charge in [0.25, 0.3) is 5.91 Å². The van der Waals surface area contributed by atoms with Crippen LogP contribution in [0, 0.1) is 0 Å². The topological polar surface area (TPSA) is 80.1 Å². The van der Waals surface area contributed by atoms with E-state index in [0.29, 0.717) is 24.3 Å². The van der Waals surface area contributed by atoms with E-state index in [4.69, 9.17) is 0 Å². The molecule has 2 aliphatic heterocycles. The minimum Gasteiger partial charge on any atom is -0.354 e. The summed E-state index contributed by atoms with van der Waals surface area (Å²) in [6.07, 6.45) is 6.23. The van der Waals surface area contributed by atoms with Crippen molar-refractivity contribution in [3.63, 3.8) is 0 Å². The highest BCUT2D eigenvalue weighted by Crippen LogP contribution is 2.37. The molecule has 1 aromatic heterocycles. The first-order valence-corrected chi connectivity index (χ1v) is 8.27. The first-order chi connectivity index (χ1) is 11.7. The summed E-state index contributed by atoms with van der Waals surface area (Å²) in [4.78, 5) is 31.5. The van der Waals surface area contributed by atoms with Gasteiger partial charge in [-0.05, 0) is 37.8 Å². The van der Waals surface area contributed by atoms with Gasteiger partial charge in [-0.1, -0.05) is 12.1 Å². The van der Waals surface area contributed by atoms with Gasteiger partial charge in [0.15, 0.2) is 0 Å². The minimum atomic E-state index is -0.690. The smallest absolute Gasteiger partial charge is 0.256 e. The lowest BCUT2D eigenvalue weighted by molar-refractivity contribution is -0.133. The molecule has 1 N–H and O–H groups in total. The summed E-state index contributed by atoms with van der Waals surface area (Å²) >= 11 is 0. The number of nitrogens with zero attached hydrogens (tertiary/aromatic N) is 4. The maximum absolute atomic E-state index is 13.3. The Balaban J connectivity index is 1.73. The average Bonchev–Trinajstić information content (AvgIpc) is 3.28. The summed E-state index contributed by atoms with van der Waals surface area (Å²) in [5.41, 5.74) is 0.533. The third kappa shape index (κ3) is 2.19. The van der Waals surface area contributed by atoms with Crippen molar-refractivity contribution in [2.45, 2.75) is 31.2 Å². The lowest BCUT2D eigenvalue weighted by Gasteiger charge is -2.40. The number of likely N-dealkylation sites (tertiary alicyclic amines) is 1. The largest absolute Gasteiger partial charge is 0.354 e. The fourth-order valence-electron chi connectivity index (χ4n) is 3.86. The van der Waals surface area contributed by atoms with E-state index in [1.807, 2.05) is 18.2 Å². The van der Waals surface area contributed by atoms with Gasteiger partial charge >= 0.3 is 0 Å². The third-order valence-electron chi connectivity index (χ3n) is 5.01. The van der Waals surface area contributed by atoms with Crippen LogP contribution in [0.5, 0.6) is 0 Å². The SMILES string of the molecule is O=C(c1ccccc1-n1cncn1)N1CCCC12CCCNC2=O. The van der Waals surface area contributed by atoms with Crippen molar-refractivity contribution >= 4 is 11.8 Å². The zero-order valence-corrected chi connectivity index (χ0v) is 13.3. The second-order valence-electron chi connectivity index (χ2n) is 6.31. The first-order valence-electron chi connectivity index (χ1n) is 8.27. The van der Waals surface area contributed by atoms with E-state index in [0.717, 1.165) is 25.7 Å². The Morgan fingerprint density at radius 3 is 2.83 bits per heavy atom. The van der Waals surface area contributed by atoms with Crippen molar-refractivity contribution in [2.24, 2.45) is 0 Å². The van der Waals surface area contributed by atoms with Crippen LogP contribution in [0.3, 0.4) is 0 Å². The van der Waals surface area contributed by atoms with E-state index in [9.17, 15) is 9.59 Å². The molecule has 3 heterocycles. The van der Waals surface area contributed by atoms with Crippen LogP contribution in [0.15, 0.2) is 36.9 Å². The van der Waals surface area contributed by atoms with E-state index in [-0.39, 0.29) is 11.8 Å². The summed E-state index contributed by atoms with van der Waals surface area (Å²) in [6, 6.07) is 7.32. The van der Waals surface area contributed by atoms with Gasteiger partial charge in [0, 0.05) is 13.1 Å². The molecule has 0 saturated carbocycles. The number of para-hydroxylation sites is 1. The van der Waals surface area contributed by atoms with Crippen LogP contribution < -0.4 is 5.32 Å². The normalized spacial score (nSPS) is 23.5. The second kappa shape index (κ2) is 5.74. The fraction of sp³-hybridized carbons (Fsp3) is 0.412. The molecule has 1 aromatic carbocycles. The van der Waals surface area contributed by atoms with Crippen LogP contribution in [0.4, 0.5) is 0 Å². The average molecular weight is 325 g/mol. The number of benzene rings is 1. The maximum Gasteiger partial charge on any atom is 0.256 e. The molecule has 0 aliphatic carbocycles. The summed E-state index contributed by atoms with van der Waals surface area (Å²) < 4.78 is 1.58. The molecule has 24 heavy (non-hydrogen) atoms. The third-order valence-corrected chi connectivity index (χ3v) is 5.01. The number of hydrogen-bond donors (Lipinski definition) is 1. The van der Waals surface area contributed by atoms with E-state index in [2.05, 4.69) is 15.4 Å². The highest BCUT2D eigenvalue weighted by Gasteiger charge is 2.50. The first kappa shape index (κ1) is 14.9. The highest BCUT2D eigenvalue weighted by atomic mass is 16.2. The number of carbonyl (C=O) groups excluding carboxylic acids is 2. The number of hydrogen-bond acceptors (Lipinski definition) is 4. The van der Waals surface area contributed by atoms with E-state index in [1.54, 1.807) is 22.0 Å². The molecule has 7 nitrogen and oxygen atoms in total. The predicted molar refractivity (Wildman–Crippen MR) is 86.6 cm³/mol. The molecule has 1 atom stereocenters. The van der Waals surface area contributed by atoms with Crippen molar-refractivity contribution in [3.05, 3.63) is 42.5 Å². The zero-order chi connectivity index (χ0) is 16.6. The fourth-order valence-corrected chi connectivity index (χ4v) is 3.86.